The first-order chi connectivity index (χ1) is 12.0. The summed E-state index contributed by atoms with van der Waals surface area (Å²) in [4.78, 5) is 36.3. The Kier molecular flexibility index (Phi) is 4.98. The Morgan fingerprint density at radius 3 is 2.68 bits per heavy atom. The Morgan fingerprint density at radius 2 is 2.08 bits per heavy atom. The second-order valence-corrected chi connectivity index (χ2v) is 6.38. The van der Waals surface area contributed by atoms with Gasteiger partial charge in [0.1, 0.15) is 12.9 Å². The largest absolute Gasteiger partial charge is 0.351 e. The molecule has 0 radical (unpaired) electrons. The molecule has 1 aliphatic rings. The first-order valence-corrected chi connectivity index (χ1v) is 8.49. The smallest absolute Gasteiger partial charge is 0.329 e. The third-order valence-electron chi connectivity index (χ3n) is 3.52. The number of rotatable bonds is 6. The maximum absolute atomic E-state index is 12.1. The number of anilines is 1. The minimum atomic E-state index is -0.456. The molecule has 2 N–H and O–H groups in total. The van der Waals surface area contributed by atoms with Crippen LogP contribution in [0, 0.1) is 0 Å². The van der Waals surface area contributed by atoms with Crippen LogP contribution in [0.4, 0.5) is 10.5 Å². The van der Waals surface area contributed by atoms with E-state index in [0.717, 1.165) is 5.16 Å². The molecule has 2 heterocycles. The molecule has 1 aliphatic heterocycles. The highest BCUT2D eigenvalue weighted by Gasteiger charge is 2.27. The van der Waals surface area contributed by atoms with Crippen molar-refractivity contribution in [2.24, 2.45) is 7.05 Å². The fourth-order valence-electron chi connectivity index (χ4n) is 2.26. The molecule has 3 rings (SSSR count). The van der Waals surface area contributed by atoms with Gasteiger partial charge in [-0.1, -0.05) is 11.8 Å². The quantitative estimate of drug-likeness (QED) is 0.438. The van der Waals surface area contributed by atoms with Crippen LogP contribution in [-0.2, 0) is 11.8 Å². The van der Waals surface area contributed by atoms with Crippen molar-refractivity contribution in [3.8, 4) is 0 Å². The number of aryl methyl sites for hydroxylation is 1. The minimum absolute atomic E-state index is 0.0103. The highest BCUT2D eigenvalue weighted by molar-refractivity contribution is 7.99. The molecular weight excluding hydrogens is 344 g/mol. The van der Waals surface area contributed by atoms with Gasteiger partial charge in [-0.2, -0.15) is 0 Å². The number of imide groups is 1. The van der Waals surface area contributed by atoms with Gasteiger partial charge in [-0.3, -0.25) is 19.8 Å². The van der Waals surface area contributed by atoms with Crippen LogP contribution >= 0.6 is 11.8 Å². The van der Waals surface area contributed by atoms with Crippen LogP contribution in [0.1, 0.15) is 10.4 Å². The van der Waals surface area contributed by atoms with Crippen LogP contribution in [-0.4, -0.2) is 51.5 Å². The van der Waals surface area contributed by atoms with E-state index < -0.39 is 6.03 Å². The lowest BCUT2D eigenvalue weighted by atomic mass is 10.2. The molecule has 0 bridgehead atoms. The fourth-order valence-corrected chi connectivity index (χ4v) is 3.00. The fraction of sp³-hybridized carbons (Fsp3) is 0.267. The van der Waals surface area contributed by atoms with Gasteiger partial charge in [-0.25, -0.2) is 4.79 Å². The maximum Gasteiger partial charge on any atom is 0.329 e. The molecule has 130 valence electrons. The average Bonchev–Trinajstić information content (AvgIpc) is 3.16. The number of urea groups is 1. The second-order valence-electron chi connectivity index (χ2n) is 5.32. The van der Waals surface area contributed by atoms with E-state index in [4.69, 9.17) is 0 Å². The Balaban J connectivity index is 1.50. The highest BCUT2D eigenvalue weighted by Crippen LogP contribution is 2.17. The van der Waals surface area contributed by atoms with Gasteiger partial charge in [0.05, 0.1) is 0 Å². The molecule has 9 nitrogen and oxygen atoms in total. The predicted molar refractivity (Wildman–Crippen MR) is 91.4 cm³/mol. The maximum atomic E-state index is 12.1. The zero-order valence-electron chi connectivity index (χ0n) is 13.4. The van der Waals surface area contributed by atoms with E-state index in [2.05, 4.69) is 20.8 Å². The average molecular weight is 360 g/mol. The van der Waals surface area contributed by atoms with Gasteiger partial charge in [0.25, 0.3) is 5.91 Å². The van der Waals surface area contributed by atoms with Crippen LogP contribution in [0.15, 0.2) is 35.7 Å². The zero-order valence-corrected chi connectivity index (χ0v) is 14.2. The third-order valence-corrected chi connectivity index (χ3v) is 4.56. The highest BCUT2D eigenvalue weighted by atomic mass is 32.2. The Bertz CT molecular complexity index is 804. The number of hydrogen-bond donors (Lipinski definition) is 2. The van der Waals surface area contributed by atoms with Gasteiger partial charge in [0, 0.05) is 30.6 Å². The first kappa shape index (κ1) is 17.0. The summed E-state index contributed by atoms with van der Waals surface area (Å²) in [6, 6.07) is 6.07. The van der Waals surface area contributed by atoms with Gasteiger partial charge in [0.15, 0.2) is 5.16 Å². The lowest BCUT2D eigenvalue weighted by Crippen LogP contribution is -2.28. The van der Waals surface area contributed by atoms with Crippen molar-refractivity contribution >= 4 is 35.3 Å². The number of thioether (sulfide) groups is 1. The van der Waals surface area contributed by atoms with E-state index in [1.54, 1.807) is 30.6 Å². The van der Waals surface area contributed by atoms with Gasteiger partial charge >= 0.3 is 6.03 Å². The normalized spacial score (nSPS) is 13.9. The monoisotopic (exact) mass is 360 g/mol. The summed E-state index contributed by atoms with van der Waals surface area (Å²) in [5.41, 5.74) is 1.05. The molecule has 0 spiro atoms. The number of nitrogens with one attached hydrogen (secondary N) is 2. The topological polar surface area (TPSA) is 109 Å². The molecule has 1 saturated heterocycles. The molecule has 2 aromatic rings. The number of benzene rings is 1. The number of amides is 4. The van der Waals surface area contributed by atoms with E-state index in [0.29, 0.717) is 23.5 Å². The zero-order chi connectivity index (χ0) is 17.8. The van der Waals surface area contributed by atoms with Crippen LogP contribution in [0.2, 0.25) is 0 Å². The Morgan fingerprint density at radius 1 is 1.32 bits per heavy atom. The molecule has 1 aromatic carbocycles. The molecule has 4 amide bonds. The molecule has 0 atom stereocenters. The number of carbonyl (C=O) groups is 3. The van der Waals surface area contributed by atoms with Crippen molar-refractivity contribution in [1.29, 1.82) is 0 Å². The van der Waals surface area contributed by atoms with Crippen LogP contribution in [0.3, 0.4) is 0 Å². The Hall–Kier alpha value is -2.88. The SMILES string of the molecule is Cn1cnnc1SCCNC(=O)c1ccc(N2CC(=O)NC2=O)cc1. The summed E-state index contributed by atoms with van der Waals surface area (Å²) < 4.78 is 1.81. The summed E-state index contributed by atoms with van der Waals surface area (Å²) in [6.07, 6.45) is 1.62. The Labute approximate surface area is 147 Å². The van der Waals surface area contributed by atoms with Crippen LogP contribution in [0.25, 0.3) is 0 Å². The van der Waals surface area contributed by atoms with E-state index in [9.17, 15) is 14.4 Å². The second kappa shape index (κ2) is 7.34. The van der Waals surface area contributed by atoms with Crippen LogP contribution in [0.5, 0.6) is 0 Å². The molecule has 10 heteroatoms. The first-order valence-electron chi connectivity index (χ1n) is 7.51. The summed E-state index contributed by atoms with van der Waals surface area (Å²) >= 11 is 1.50. The molecule has 1 aromatic heterocycles. The van der Waals surface area contributed by atoms with E-state index >= 15 is 0 Å². The summed E-state index contributed by atoms with van der Waals surface area (Å²) in [7, 11) is 1.86. The number of hydrogen-bond acceptors (Lipinski definition) is 6. The third kappa shape index (κ3) is 3.97. The van der Waals surface area contributed by atoms with Crippen molar-refractivity contribution < 1.29 is 14.4 Å². The van der Waals surface area contributed by atoms with Crippen molar-refractivity contribution in [2.45, 2.75) is 5.16 Å². The van der Waals surface area contributed by atoms with Gasteiger partial charge in [-0.05, 0) is 24.3 Å². The van der Waals surface area contributed by atoms with Gasteiger partial charge in [-0.15, -0.1) is 10.2 Å². The van der Waals surface area contributed by atoms with Crippen LogP contribution < -0.4 is 15.5 Å². The van der Waals surface area contributed by atoms with Gasteiger partial charge in [0.2, 0.25) is 5.91 Å². The van der Waals surface area contributed by atoms with E-state index in [-0.39, 0.29) is 18.4 Å². The van der Waals surface area contributed by atoms with Gasteiger partial charge < -0.3 is 9.88 Å². The standard InChI is InChI=1S/C15H16N6O3S/c1-20-9-17-19-15(20)25-7-6-16-13(23)10-2-4-11(5-3-10)21-8-12(22)18-14(21)24/h2-5,9H,6-8H2,1H3,(H,16,23)(H,18,22,24). The molecule has 0 saturated carbocycles. The molecular formula is C15H16N6O3S. The molecule has 25 heavy (non-hydrogen) atoms. The van der Waals surface area contributed by atoms with Crippen molar-refractivity contribution in [3.05, 3.63) is 36.2 Å². The van der Waals surface area contributed by atoms with Crippen molar-refractivity contribution in [3.63, 3.8) is 0 Å². The van der Waals surface area contributed by atoms with Crippen molar-refractivity contribution in [2.75, 3.05) is 23.7 Å². The lowest BCUT2D eigenvalue weighted by Gasteiger charge is -2.13. The predicted octanol–water partition coefficient (Wildman–Crippen LogP) is 0.393. The molecule has 0 aliphatic carbocycles. The molecule has 0 unspecified atom stereocenters. The number of aromatic nitrogens is 3. The molecule has 1 fully saturated rings. The minimum Gasteiger partial charge on any atom is -0.351 e. The van der Waals surface area contributed by atoms with E-state index in [1.165, 1.54) is 16.7 Å². The summed E-state index contributed by atoms with van der Waals surface area (Å²) in [5, 5.41) is 13.6. The van der Waals surface area contributed by atoms with E-state index in [1.807, 2.05) is 11.6 Å². The lowest BCUT2D eigenvalue weighted by molar-refractivity contribution is -0.117. The number of nitrogens with zero attached hydrogens (tertiary/aromatic N) is 4. The number of carbonyl (C=O) groups excluding carboxylic acids is 3. The summed E-state index contributed by atoms with van der Waals surface area (Å²) in [5.74, 6) is 0.131. The summed E-state index contributed by atoms with van der Waals surface area (Å²) in [6.45, 7) is 0.477. The van der Waals surface area contributed by atoms with Crippen molar-refractivity contribution in [1.82, 2.24) is 25.4 Å².